The number of nitrogen functional groups attached to an aromatic ring is 1. The molecule has 0 radical (unpaired) electrons. The van der Waals surface area contributed by atoms with Gasteiger partial charge < -0.3 is 10.6 Å². The summed E-state index contributed by atoms with van der Waals surface area (Å²) in [7, 11) is 0. The second kappa shape index (κ2) is 3.69. The van der Waals surface area contributed by atoms with E-state index in [2.05, 4.69) is 24.0 Å². The molecule has 16 heavy (non-hydrogen) atoms. The lowest BCUT2D eigenvalue weighted by molar-refractivity contribution is 0.494. The maximum absolute atomic E-state index is 5.88. The van der Waals surface area contributed by atoms with Gasteiger partial charge in [0.15, 0.2) is 0 Å². The molecule has 1 aromatic carbocycles. The lowest BCUT2D eigenvalue weighted by Gasteiger charge is -2.22. The molecule has 86 valence electrons. The number of aryl methyl sites for hydroxylation is 1. The van der Waals surface area contributed by atoms with Crippen LogP contribution in [-0.2, 0) is 0 Å². The summed E-state index contributed by atoms with van der Waals surface area (Å²) in [5.74, 6) is 1.89. The third-order valence-electron chi connectivity index (χ3n) is 4.30. The third kappa shape index (κ3) is 1.57. The van der Waals surface area contributed by atoms with E-state index in [0.29, 0.717) is 0 Å². The largest absolute Gasteiger partial charge is 0.399 e. The van der Waals surface area contributed by atoms with Crippen LogP contribution < -0.4 is 10.6 Å². The summed E-state index contributed by atoms with van der Waals surface area (Å²) in [5, 5.41) is 0. The van der Waals surface area contributed by atoms with Crippen LogP contribution in [0.15, 0.2) is 18.2 Å². The Morgan fingerprint density at radius 1 is 1.19 bits per heavy atom. The van der Waals surface area contributed by atoms with Crippen molar-refractivity contribution in [3.05, 3.63) is 23.8 Å². The molecule has 2 nitrogen and oxygen atoms in total. The molecule has 1 saturated heterocycles. The fourth-order valence-corrected chi connectivity index (χ4v) is 3.40. The van der Waals surface area contributed by atoms with Gasteiger partial charge in [0.25, 0.3) is 0 Å². The predicted molar refractivity (Wildman–Crippen MR) is 68.6 cm³/mol. The summed E-state index contributed by atoms with van der Waals surface area (Å²) in [6.45, 7) is 4.67. The van der Waals surface area contributed by atoms with Gasteiger partial charge >= 0.3 is 0 Å². The van der Waals surface area contributed by atoms with Crippen LogP contribution in [0.5, 0.6) is 0 Å². The Morgan fingerprint density at radius 3 is 2.56 bits per heavy atom. The molecule has 1 aliphatic carbocycles. The molecule has 2 unspecified atom stereocenters. The molecule has 2 N–H and O–H groups in total. The minimum absolute atomic E-state index is 0.887. The summed E-state index contributed by atoms with van der Waals surface area (Å²) in [4.78, 5) is 2.54. The van der Waals surface area contributed by atoms with Gasteiger partial charge in [0.1, 0.15) is 0 Å². The summed E-state index contributed by atoms with van der Waals surface area (Å²) in [6.07, 6.45) is 4.31. The first-order valence-electron chi connectivity index (χ1n) is 6.35. The zero-order valence-corrected chi connectivity index (χ0v) is 9.95. The van der Waals surface area contributed by atoms with Crippen molar-refractivity contribution in [3.8, 4) is 0 Å². The number of anilines is 2. The maximum atomic E-state index is 5.88. The number of fused-ring (bicyclic) bond motifs is 1. The Bertz CT molecular complexity index is 388. The molecule has 0 amide bonds. The van der Waals surface area contributed by atoms with Crippen LogP contribution >= 0.6 is 0 Å². The molecular weight excluding hydrogens is 196 g/mol. The van der Waals surface area contributed by atoms with Gasteiger partial charge in [0.05, 0.1) is 0 Å². The zero-order valence-electron chi connectivity index (χ0n) is 9.95. The van der Waals surface area contributed by atoms with Crippen LogP contribution in [0.2, 0.25) is 0 Å². The van der Waals surface area contributed by atoms with Gasteiger partial charge in [0, 0.05) is 24.5 Å². The van der Waals surface area contributed by atoms with Crippen molar-refractivity contribution in [2.75, 3.05) is 23.7 Å². The molecule has 0 spiro atoms. The highest BCUT2D eigenvalue weighted by Gasteiger charge is 2.36. The molecule has 2 atom stereocenters. The highest BCUT2D eigenvalue weighted by atomic mass is 15.2. The second-order valence-corrected chi connectivity index (χ2v) is 5.40. The van der Waals surface area contributed by atoms with Gasteiger partial charge in [-0.25, -0.2) is 0 Å². The van der Waals surface area contributed by atoms with E-state index < -0.39 is 0 Å². The molecule has 2 aliphatic rings. The Labute approximate surface area is 97.4 Å². The fourth-order valence-electron chi connectivity index (χ4n) is 3.40. The van der Waals surface area contributed by atoms with E-state index in [-0.39, 0.29) is 0 Å². The van der Waals surface area contributed by atoms with Crippen molar-refractivity contribution >= 4 is 11.4 Å². The van der Waals surface area contributed by atoms with Crippen molar-refractivity contribution in [2.45, 2.75) is 26.2 Å². The van der Waals surface area contributed by atoms with Crippen molar-refractivity contribution in [1.29, 1.82) is 0 Å². The van der Waals surface area contributed by atoms with Gasteiger partial charge in [-0.2, -0.15) is 0 Å². The minimum Gasteiger partial charge on any atom is -0.399 e. The molecule has 1 aliphatic heterocycles. The predicted octanol–water partition coefficient (Wildman–Crippen LogP) is 2.81. The smallest absolute Gasteiger partial charge is 0.0416 e. The van der Waals surface area contributed by atoms with Crippen LogP contribution in [0, 0.1) is 18.8 Å². The quantitative estimate of drug-likeness (QED) is 0.731. The van der Waals surface area contributed by atoms with Crippen molar-refractivity contribution in [2.24, 2.45) is 11.8 Å². The monoisotopic (exact) mass is 216 g/mol. The molecule has 0 bridgehead atoms. The van der Waals surface area contributed by atoms with Gasteiger partial charge in [-0.15, -0.1) is 0 Å². The number of rotatable bonds is 1. The maximum Gasteiger partial charge on any atom is 0.0416 e. The molecule has 1 aromatic rings. The molecule has 2 heteroatoms. The van der Waals surface area contributed by atoms with E-state index in [1.807, 2.05) is 6.07 Å². The Balaban J connectivity index is 1.85. The first-order valence-corrected chi connectivity index (χ1v) is 6.35. The second-order valence-electron chi connectivity index (χ2n) is 5.40. The lowest BCUT2D eigenvalue weighted by Crippen LogP contribution is -2.21. The molecule has 1 heterocycles. The first kappa shape index (κ1) is 10.0. The summed E-state index contributed by atoms with van der Waals surface area (Å²) < 4.78 is 0. The van der Waals surface area contributed by atoms with Gasteiger partial charge in [-0.3, -0.25) is 0 Å². The number of benzene rings is 1. The molecular formula is C14H20N2. The van der Waals surface area contributed by atoms with Crippen molar-refractivity contribution in [3.63, 3.8) is 0 Å². The van der Waals surface area contributed by atoms with Crippen LogP contribution in [0.4, 0.5) is 11.4 Å². The topological polar surface area (TPSA) is 29.3 Å². The normalized spacial score (nSPS) is 28.4. The van der Waals surface area contributed by atoms with E-state index in [0.717, 1.165) is 17.5 Å². The molecule has 2 fully saturated rings. The average molecular weight is 216 g/mol. The summed E-state index contributed by atoms with van der Waals surface area (Å²) in [6, 6.07) is 6.27. The van der Waals surface area contributed by atoms with E-state index in [1.165, 1.54) is 43.6 Å². The van der Waals surface area contributed by atoms with Crippen molar-refractivity contribution in [1.82, 2.24) is 0 Å². The van der Waals surface area contributed by atoms with E-state index in [4.69, 9.17) is 5.73 Å². The van der Waals surface area contributed by atoms with E-state index >= 15 is 0 Å². The van der Waals surface area contributed by atoms with E-state index in [9.17, 15) is 0 Å². The number of hydrogen-bond acceptors (Lipinski definition) is 2. The Kier molecular flexibility index (Phi) is 2.31. The molecule has 1 saturated carbocycles. The third-order valence-corrected chi connectivity index (χ3v) is 4.30. The van der Waals surface area contributed by atoms with Crippen LogP contribution in [0.1, 0.15) is 24.8 Å². The summed E-state index contributed by atoms with van der Waals surface area (Å²) >= 11 is 0. The van der Waals surface area contributed by atoms with Gasteiger partial charge in [-0.05, 0) is 49.3 Å². The molecule has 3 rings (SSSR count). The Hall–Kier alpha value is -1.18. The Morgan fingerprint density at radius 2 is 1.88 bits per heavy atom. The van der Waals surface area contributed by atoms with Crippen LogP contribution in [-0.4, -0.2) is 13.1 Å². The average Bonchev–Trinajstić information content (AvgIpc) is 2.81. The first-order chi connectivity index (χ1) is 7.74. The van der Waals surface area contributed by atoms with Crippen LogP contribution in [0.3, 0.4) is 0 Å². The standard InChI is InChI=1S/C14H20N2/c1-10-5-6-13(15)7-14(10)16-8-11-3-2-4-12(11)9-16/h5-7,11-12H,2-4,8-9,15H2,1H3. The number of nitrogens with zero attached hydrogens (tertiary/aromatic N) is 1. The molecule has 0 aromatic heterocycles. The minimum atomic E-state index is 0.887. The number of nitrogens with two attached hydrogens (primary N) is 1. The fraction of sp³-hybridized carbons (Fsp3) is 0.571. The highest BCUT2D eigenvalue weighted by Crippen LogP contribution is 2.40. The van der Waals surface area contributed by atoms with Crippen molar-refractivity contribution < 1.29 is 0 Å². The lowest BCUT2D eigenvalue weighted by atomic mass is 10.0. The van der Waals surface area contributed by atoms with E-state index in [1.54, 1.807) is 0 Å². The highest BCUT2D eigenvalue weighted by molar-refractivity contribution is 5.61. The SMILES string of the molecule is Cc1ccc(N)cc1N1CC2CCCC2C1. The summed E-state index contributed by atoms with van der Waals surface area (Å²) in [5.41, 5.74) is 9.48. The zero-order chi connectivity index (χ0) is 11.1. The number of hydrogen-bond donors (Lipinski definition) is 1. The van der Waals surface area contributed by atoms with Crippen LogP contribution in [0.25, 0.3) is 0 Å². The van der Waals surface area contributed by atoms with Gasteiger partial charge in [0.2, 0.25) is 0 Å². The van der Waals surface area contributed by atoms with Gasteiger partial charge in [-0.1, -0.05) is 12.5 Å².